The lowest BCUT2D eigenvalue weighted by molar-refractivity contribution is 0.220. The van der Waals surface area contributed by atoms with Crippen LogP contribution in [-0.4, -0.2) is 8.32 Å². The number of hydrogen-bond acceptors (Lipinski definition) is 1. The van der Waals surface area contributed by atoms with E-state index in [0.29, 0.717) is 0 Å². The van der Waals surface area contributed by atoms with Crippen molar-refractivity contribution in [1.82, 2.24) is 0 Å². The second kappa shape index (κ2) is 11.7. The summed E-state index contributed by atoms with van der Waals surface area (Å²) in [6.45, 7) is 13.7. The smallest absolute Gasteiger partial charge is 0.193 e. The molecule has 1 aromatic carbocycles. The van der Waals surface area contributed by atoms with Crippen LogP contribution < -0.4 is 0 Å². The average Bonchev–Trinajstić information content (AvgIpc) is 2.65. The fourth-order valence-electron chi connectivity index (χ4n) is 3.40. The Morgan fingerprint density at radius 1 is 0.960 bits per heavy atom. The van der Waals surface area contributed by atoms with E-state index in [4.69, 9.17) is 4.43 Å². The van der Waals surface area contributed by atoms with Gasteiger partial charge in [-0.25, -0.2) is 0 Å². The van der Waals surface area contributed by atoms with Gasteiger partial charge in [0.05, 0.1) is 6.10 Å². The van der Waals surface area contributed by atoms with Crippen LogP contribution in [0.5, 0.6) is 0 Å². The Kier molecular flexibility index (Phi) is 10.4. The van der Waals surface area contributed by atoms with Gasteiger partial charge in [-0.05, 0) is 55.5 Å². The van der Waals surface area contributed by atoms with Crippen molar-refractivity contribution in [3.05, 3.63) is 47.0 Å². The monoisotopic (exact) mass is 360 g/mol. The van der Waals surface area contributed by atoms with Crippen molar-refractivity contribution < 1.29 is 4.43 Å². The molecule has 0 aliphatic carbocycles. The van der Waals surface area contributed by atoms with Crippen LogP contribution in [0.15, 0.2) is 35.9 Å². The highest BCUT2D eigenvalue weighted by atomic mass is 28.4. The van der Waals surface area contributed by atoms with Gasteiger partial charge >= 0.3 is 0 Å². The Morgan fingerprint density at radius 3 is 2.04 bits per heavy atom. The van der Waals surface area contributed by atoms with Crippen molar-refractivity contribution in [2.75, 3.05) is 0 Å². The van der Waals surface area contributed by atoms with E-state index in [1.54, 1.807) is 0 Å². The molecule has 0 aliphatic rings. The Hall–Kier alpha value is -0.863. The lowest BCUT2D eigenvalue weighted by Crippen LogP contribution is -2.37. The maximum Gasteiger partial charge on any atom is 0.193 e. The molecule has 25 heavy (non-hydrogen) atoms. The predicted molar refractivity (Wildman–Crippen MR) is 115 cm³/mol. The molecule has 1 nitrogen and oxygen atoms in total. The minimum atomic E-state index is -1.66. The van der Waals surface area contributed by atoms with Gasteiger partial charge in [0, 0.05) is 0 Å². The molecule has 0 saturated carbocycles. The van der Waals surface area contributed by atoms with E-state index in [9.17, 15) is 0 Å². The normalized spacial score (nSPS) is 13.9. The van der Waals surface area contributed by atoms with Crippen LogP contribution in [0.1, 0.15) is 84.0 Å². The second-order valence-electron chi connectivity index (χ2n) is 7.32. The summed E-state index contributed by atoms with van der Waals surface area (Å²) in [5.41, 5.74) is 4.18. The molecular formula is C23H40OSi. The van der Waals surface area contributed by atoms with E-state index in [1.165, 1.54) is 54.1 Å². The number of benzene rings is 1. The number of rotatable bonds is 12. The molecule has 0 saturated heterocycles. The third-order valence-electron chi connectivity index (χ3n) is 5.53. The molecule has 0 radical (unpaired) electrons. The first kappa shape index (κ1) is 22.2. The number of aryl methyl sites for hydroxylation is 1. The largest absolute Gasteiger partial charge is 0.406 e. The first-order chi connectivity index (χ1) is 12.1. The SMILES string of the molecule is CCC/C=C(/CCCC)[C@@H](O[Si](CC)(CC)CC)c1ccc(C)cc1. The quantitative estimate of drug-likeness (QED) is 0.271. The van der Waals surface area contributed by atoms with Crippen molar-refractivity contribution in [1.29, 1.82) is 0 Å². The summed E-state index contributed by atoms with van der Waals surface area (Å²) in [5, 5.41) is 0. The van der Waals surface area contributed by atoms with Gasteiger partial charge in [0.15, 0.2) is 8.32 Å². The van der Waals surface area contributed by atoms with Crippen LogP contribution in [0.25, 0.3) is 0 Å². The van der Waals surface area contributed by atoms with Gasteiger partial charge in [-0.15, -0.1) is 0 Å². The molecule has 0 unspecified atom stereocenters. The maximum absolute atomic E-state index is 7.04. The summed E-state index contributed by atoms with van der Waals surface area (Å²) in [7, 11) is -1.66. The van der Waals surface area contributed by atoms with E-state index < -0.39 is 8.32 Å². The van der Waals surface area contributed by atoms with Crippen molar-refractivity contribution in [3.63, 3.8) is 0 Å². The Balaban J connectivity index is 3.25. The Labute approximate surface area is 158 Å². The van der Waals surface area contributed by atoms with Crippen molar-refractivity contribution >= 4 is 8.32 Å². The molecule has 0 spiro atoms. The van der Waals surface area contributed by atoms with Crippen LogP contribution >= 0.6 is 0 Å². The molecule has 0 fully saturated rings. The molecule has 0 aliphatic heterocycles. The van der Waals surface area contributed by atoms with Gasteiger partial charge in [0.2, 0.25) is 0 Å². The maximum atomic E-state index is 7.04. The van der Waals surface area contributed by atoms with Crippen molar-refractivity contribution in [3.8, 4) is 0 Å². The highest BCUT2D eigenvalue weighted by Gasteiger charge is 2.33. The van der Waals surface area contributed by atoms with Crippen LogP contribution in [0, 0.1) is 6.92 Å². The van der Waals surface area contributed by atoms with Gasteiger partial charge in [-0.3, -0.25) is 0 Å². The minimum absolute atomic E-state index is 0.158. The van der Waals surface area contributed by atoms with Gasteiger partial charge in [-0.1, -0.05) is 83.4 Å². The summed E-state index contributed by atoms with van der Waals surface area (Å²) >= 11 is 0. The molecule has 1 aromatic rings. The third-order valence-corrected chi connectivity index (χ3v) is 10.1. The Bertz CT molecular complexity index is 491. The molecule has 0 aromatic heterocycles. The summed E-state index contributed by atoms with van der Waals surface area (Å²) in [6.07, 6.45) is 8.64. The van der Waals surface area contributed by atoms with Gasteiger partial charge in [0.1, 0.15) is 0 Å². The minimum Gasteiger partial charge on any atom is -0.406 e. The molecule has 0 N–H and O–H groups in total. The van der Waals surface area contributed by atoms with Crippen LogP contribution in [0.2, 0.25) is 18.1 Å². The standard InChI is InChI=1S/C23H40OSi/c1-7-12-14-21(15-13-8-2)23(22-18-16-20(6)17-19-22)24-25(9-3,10-4)11-5/h14,16-19,23H,7-13,15H2,1-6H3/b21-14-/t23-/m1/s1. The van der Waals surface area contributed by atoms with E-state index in [2.05, 4.69) is 71.9 Å². The zero-order chi connectivity index (χ0) is 18.7. The van der Waals surface area contributed by atoms with Crippen LogP contribution in [-0.2, 0) is 4.43 Å². The summed E-state index contributed by atoms with van der Waals surface area (Å²) in [5.74, 6) is 0. The molecule has 142 valence electrons. The number of unbranched alkanes of at least 4 members (excludes halogenated alkanes) is 2. The summed E-state index contributed by atoms with van der Waals surface area (Å²) in [6, 6.07) is 12.6. The molecule has 1 atom stereocenters. The second-order valence-corrected chi connectivity index (χ2v) is 12.0. The van der Waals surface area contributed by atoms with Crippen molar-refractivity contribution in [2.24, 2.45) is 0 Å². The van der Waals surface area contributed by atoms with E-state index in [0.717, 1.165) is 12.8 Å². The predicted octanol–water partition coefficient (Wildman–Crippen LogP) is 7.97. The lowest BCUT2D eigenvalue weighted by Gasteiger charge is -2.35. The molecule has 0 heterocycles. The third kappa shape index (κ3) is 6.75. The first-order valence-electron chi connectivity index (χ1n) is 10.5. The number of hydrogen-bond donors (Lipinski definition) is 0. The summed E-state index contributed by atoms with van der Waals surface area (Å²) < 4.78 is 7.04. The van der Waals surface area contributed by atoms with E-state index in [1.807, 2.05) is 0 Å². The molecular weight excluding hydrogens is 320 g/mol. The van der Waals surface area contributed by atoms with Gasteiger partial charge in [-0.2, -0.15) is 0 Å². The fraction of sp³-hybridized carbons (Fsp3) is 0.652. The van der Waals surface area contributed by atoms with Crippen molar-refractivity contribution in [2.45, 2.75) is 97.9 Å². The van der Waals surface area contributed by atoms with E-state index >= 15 is 0 Å². The zero-order valence-corrected chi connectivity index (χ0v) is 18.5. The summed E-state index contributed by atoms with van der Waals surface area (Å²) in [4.78, 5) is 0. The van der Waals surface area contributed by atoms with Gasteiger partial charge < -0.3 is 4.43 Å². The van der Waals surface area contributed by atoms with E-state index in [-0.39, 0.29) is 6.10 Å². The fourth-order valence-corrected chi connectivity index (χ4v) is 6.19. The zero-order valence-electron chi connectivity index (χ0n) is 17.5. The molecule has 0 bridgehead atoms. The van der Waals surface area contributed by atoms with Crippen LogP contribution in [0.3, 0.4) is 0 Å². The first-order valence-corrected chi connectivity index (χ1v) is 13.0. The average molecular weight is 361 g/mol. The highest BCUT2D eigenvalue weighted by Crippen LogP contribution is 2.36. The Morgan fingerprint density at radius 2 is 1.56 bits per heavy atom. The molecule has 0 amide bonds. The number of allylic oxidation sites excluding steroid dienone is 1. The van der Waals surface area contributed by atoms with Gasteiger partial charge in [0.25, 0.3) is 0 Å². The topological polar surface area (TPSA) is 9.23 Å². The van der Waals surface area contributed by atoms with Crippen LogP contribution in [0.4, 0.5) is 0 Å². The lowest BCUT2D eigenvalue weighted by atomic mass is 9.95. The molecule has 2 heteroatoms. The highest BCUT2D eigenvalue weighted by molar-refractivity contribution is 6.73. The molecule has 1 rings (SSSR count).